The Morgan fingerprint density at radius 3 is 1.44 bits per heavy atom. The van der Waals surface area contributed by atoms with Crippen molar-refractivity contribution in [3.05, 3.63) is 0 Å². The molecule has 0 aliphatic carbocycles. The fourth-order valence-electron chi connectivity index (χ4n) is 0. The van der Waals surface area contributed by atoms with Gasteiger partial charge in [0.25, 0.3) is 0 Å². The average molecular weight is 148 g/mol. The van der Waals surface area contributed by atoms with E-state index in [1.807, 2.05) is 0 Å². The van der Waals surface area contributed by atoms with Crippen molar-refractivity contribution >= 4 is 8.93 Å². The van der Waals surface area contributed by atoms with Gasteiger partial charge in [-0.05, 0) is 5.92 Å². The Kier molecular flexibility index (Phi) is 10.1. The van der Waals surface area contributed by atoms with E-state index in [-0.39, 0.29) is 0 Å². The first-order valence-corrected chi connectivity index (χ1v) is 4.87. The molecular formula is C6H16O2Si. The van der Waals surface area contributed by atoms with Crippen LogP contribution in [0.3, 0.4) is 0 Å². The van der Waals surface area contributed by atoms with E-state index in [1.54, 1.807) is 6.55 Å². The molecule has 2 nitrogen and oxygen atoms in total. The van der Waals surface area contributed by atoms with Crippen molar-refractivity contribution in [2.75, 3.05) is 7.11 Å². The van der Waals surface area contributed by atoms with Gasteiger partial charge in [-0.25, -0.2) is 0 Å². The standard InChI is InChI=1S/C4H10.C2H6O2Si/c1-4(2)3;1-4-5(2)3/h4H,1-3H3;1-2H3. The van der Waals surface area contributed by atoms with Crippen LogP contribution in [0.4, 0.5) is 0 Å². The van der Waals surface area contributed by atoms with Crippen LogP contribution in [0, 0.1) is 5.92 Å². The molecule has 0 rings (SSSR count). The normalized spacial score (nSPS) is 7.78. The second kappa shape index (κ2) is 7.82. The summed E-state index contributed by atoms with van der Waals surface area (Å²) in [5.41, 5.74) is 0. The lowest BCUT2D eigenvalue weighted by atomic mass is 10.3. The van der Waals surface area contributed by atoms with Crippen molar-refractivity contribution < 1.29 is 8.89 Å². The molecule has 0 spiro atoms. The lowest BCUT2D eigenvalue weighted by Crippen LogP contribution is -1.92. The molecule has 3 heteroatoms. The molecule has 0 fully saturated rings. The Morgan fingerprint density at radius 2 is 1.44 bits per heavy atom. The van der Waals surface area contributed by atoms with E-state index < -0.39 is 8.93 Å². The molecule has 0 unspecified atom stereocenters. The first kappa shape index (κ1) is 11.6. The molecule has 0 heterocycles. The predicted molar refractivity (Wildman–Crippen MR) is 39.8 cm³/mol. The van der Waals surface area contributed by atoms with Gasteiger partial charge in [-0.3, -0.25) is 0 Å². The van der Waals surface area contributed by atoms with Crippen LogP contribution < -0.4 is 0 Å². The highest BCUT2D eigenvalue weighted by Gasteiger charge is 1.84. The van der Waals surface area contributed by atoms with Gasteiger partial charge in [0, 0.05) is 6.55 Å². The van der Waals surface area contributed by atoms with Crippen molar-refractivity contribution in [1.82, 2.24) is 0 Å². The smallest absolute Gasteiger partial charge is 0.498 e. The second-order valence-electron chi connectivity index (χ2n) is 2.43. The molecule has 0 aromatic heterocycles. The molecule has 0 aromatic carbocycles. The molecule has 0 amide bonds. The summed E-state index contributed by atoms with van der Waals surface area (Å²) in [4.78, 5) is 0. The highest BCUT2D eigenvalue weighted by atomic mass is 28.3. The molecule has 0 aliphatic heterocycles. The van der Waals surface area contributed by atoms with Gasteiger partial charge in [-0.15, -0.1) is 0 Å². The van der Waals surface area contributed by atoms with Crippen LogP contribution in [0.2, 0.25) is 6.55 Å². The van der Waals surface area contributed by atoms with E-state index >= 15 is 0 Å². The predicted octanol–water partition coefficient (Wildman–Crippen LogP) is 1.84. The Bertz CT molecular complexity index is 68.7. The lowest BCUT2D eigenvalue weighted by Gasteiger charge is -1.79. The minimum absolute atomic E-state index is 0.833. The molecular weight excluding hydrogens is 132 g/mol. The molecule has 56 valence electrons. The van der Waals surface area contributed by atoms with Gasteiger partial charge in [0.05, 0.1) is 7.11 Å². The maximum atomic E-state index is 9.78. The zero-order valence-electron chi connectivity index (χ0n) is 6.89. The van der Waals surface area contributed by atoms with Crippen LogP contribution in [-0.4, -0.2) is 16.0 Å². The Labute approximate surface area is 59.0 Å². The highest BCUT2D eigenvalue weighted by Crippen LogP contribution is 1.81. The topological polar surface area (TPSA) is 26.3 Å². The summed E-state index contributed by atoms with van der Waals surface area (Å²) >= 11 is 0. The van der Waals surface area contributed by atoms with Crippen LogP contribution in [0.5, 0.6) is 0 Å². The third-order valence-corrected chi connectivity index (χ3v) is 0.862. The van der Waals surface area contributed by atoms with Gasteiger partial charge in [0.1, 0.15) is 0 Å². The lowest BCUT2D eigenvalue weighted by molar-refractivity contribution is 0.370. The minimum atomic E-state index is -1.62. The molecule has 0 bridgehead atoms. The van der Waals surface area contributed by atoms with Gasteiger partial charge in [0.2, 0.25) is 0 Å². The molecule has 0 saturated carbocycles. The summed E-state index contributed by atoms with van der Waals surface area (Å²) in [7, 11) is -0.192. The summed E-state index contributed by atoms with van der Waals surface area (Å²) in [5, 5.41) is 0. The fourth-order valence-corrected chi connectivity index (χ4v) is 0. The first-order chi connectivity index (χ1) is 4.00. The third kappa shape index (κ3) is 80.1. The van der Waals surface area contributed by atoms with E-state index in [0.717, 1.165) is 5.92 Å². The van der Waals surface area contributed by atoms with E-state index in [0.29, 0.717) is 0 Å². The van der Waals surface area contributed by atoms with Crippen molar-refractivity contribution in [3.63, 3.8) is 0 Å². The maximum absolute atomic E-state index is 9.78. The first-order valence-electron chi connectivity index (χ1n) is 3.05. The molecule has 9 heavy (non-hydrogen) atoms. The minimum Gasteiger partial charge on any atom is -0.527 e. The highest BCUT2D eigenvalue weighted by molar-refractivity contribution is 6.32. The summed E-state index contributed by atoms with van der Waals surface area (Å²) in [5.74, 6) is 0.833. The SMILES string of the molecule is CC(C)C.CO[Si](C)=O. The number of rotatable bonds is 1. The monoisotopic (exact) mass is 148 g/mol. The molecule has 0 saturated heterocycles. The Morgan fingerprint density at radius 1 is 1.33 bits per heavy atom. The molecule has 0 aromatic rings. The van der Waals surface area contributed by atoms with Gasteiger partial charge in [0.15, 0.2) is 0 Å². The van der Waals surface area contributed by atoms with Crippen LogP contribution in [0.15, 0.2) is 0 Å². The molecule has 0 aliphatic rings. The number of hydrogen-bond acceptors (Lipinski definition) is 2. The average Bonchev–Trinajstić information content (AvgIpc) is 1.65. The fraction of sp³-hybridized carbons (Fsp3) is 1.00. The zero-order valence-corrected chi connectivity index (χ0v) is 7.89. The van der Waals surface area contributed by atoms with Gasteiger partial charge < -0.3 is 8.89 Å². The van der Waals surface area contributed by atoms with Crippen molar-refractivity contribution in [2.45, 2.75) is 27.3 Å². The van der Waals surface area contributed by atoms with Crippen molar-refractivity contribution in [1.29, 1.82) is 0 Å². The summed E-state index contributed by atoms with van der Waals surface area (Å²) in [6.07, 6.45) is 0. The van der Waals surface area contributed by atoms with Crippen LogP contribution >= 0.6 is 0 Å². The van der Waals surface area contributed by atoms with Crippen LogP contribution in [-0.2, 0) is 8.89 Å². The molecule has 0 atom stereocenters. The van der Waals surface area contributed by atoms with Gasteiger partial charge in [-0.2, -0.15) is 0 Å². The van der Waals surface area contributed by atoms with Gasteiger partial charge in [-0.1, -0.05) is 20.8 Å². The quantitative estimate of drug-likeness (QED) is 0.530. The van der Waals surface area contributed by atoms with Crippen LogP contribution in [0.25, 0.3) is 0 Å². The summed E-state index contributed by atoms with van der Waals surface area (Å²) < 4.78 is 14.1. The van der Waals surface area contributed by atoms with E-state index in [1.165, 1.54) is 7.11 Å². The Hall–Kier alpha value is -0.183. The largest absolute Gasteiger partial charge is 0.527 e. The van der Waals surface area contributed by atoms with Crippen LogP contribution in [0.1, 0.15) is 20.8 Å². The second-order valence-corrected chi connectivity index (χ2v) is 3.82. The molecule has 0 radical (unpaired) electrons. The maximum Gasteiger partial charge on any atom is 0.498 e. The van der Waals surface area contributed by atoms with E-state index in [2.05, 4.69) is 25.2 Å². The number of hydrogen-bond donors (Lipinski definition) is 0. The van der Waals surface area contributed by atoms with E-state index in [4.69, 9.17) is 0 Å². The van der Waals surface area contributed by atoms with E-state index in [9.17, 15) is 4.46 Å². The van der Waals surface area contributed by atoms with Gasteiger partial charge >= 0.3 is 8.93 Å². The van der Waals surface area contributed by atoms with Crippen molar-refractivity contribution in [2.24, 2.45) is 5.92 Å². The zero-order chi connectivity index (χ0) is 7.86. The van der Waals surface area contributed by atoms with Crippen molar-refractivity contribution in [3.8, 4) is 0 Å². The Balaban J connectivity index is 0. The molecule has 0 N–H and O–H groups in total. The summed E-state index contributed by atoms with van der Waals surface area (Å²) in [6.45, 7) is 8.05. The summed E-state index contributed by atoms with van der Waals surface area (Å²) in [6, 6.07) is 0. The third-order valence-electron chi connectivity index (χ3n) is 0.287.